The second kappa shape index (κ2) is 5.62. The lowest BCUT2D eigenvalue weighted by molar-refractivity contribution is 0.495. The number of benzene rings is 1. The van der Waals surface area contributed by atoms with Crippen molar-refractivity contribution in [2.45, 2.75) is 33.2 Å². The third-order valence-corrected chi connectivity index (χ3v) is 3.46. The molecule has 0 saturated carbocycles. The van der Waals surface area contributed by atoms with Gasteiger partial charge in [0.2, 0.25) is 0 Å². The molecular formula is C12H17Cl2N. The summed E-state index contributed by atoms with van der Waals surface area (Å²) in [5, 5.41) is 4.72. The summed E-state index contributed by atoms with van der Waals surface area (Å²) in [7, 11) is 0. The van der Waals surface area contributed by atoms with Gasteiger partial charge in [0, 0.05) is 6.04 Å². The van der Waals surface area contributed by atoms with Gasteiger partial charge in [0.15, 0.2) is 0 Å². The van der Waals surface area contributed by atoms with Crippen molar-refractivity contribution in [1.29, 1.82) is 0 Å². The van der Waals surface area contributed by atoms with Crippen molar-refractivity contribution in [2.75, 3.05) is 5.32 Å². The van der Waals surface area contributed by atoms with Gasteiger partial charge in [-0.15, -0.1) is 0 Å². The molecule has 0 fully saturated rings. The van der Waals surface area contributed by atoms with Gasteiger partial charge in [-0.1, -0.05) is 49.5 Å². The normalized spacial score (nSPS) is 14.7. The molecule has 1 rings (SSSR count). The highest BCUT2D eigenvalue weighted by atomic mass is 35.5. The molecule has 1 N–H and O–H groups in total. The maximum atomic E-state index is 6.07. The minimum Gasteiger partial charge on any atom is -0.380 e. The smallest absolute Gasteiger partial charge is 0.0721 e. The number of nitrogens with one attached hydrogen (secondary N) is 1. The minimum absolute atomic E-state index is 0.368. The van der Waals surface area contributed by atoms with E-state index in [9.17, 15) is 0 Å². The van der Waals surface area contributed by atoms with Crippen molar-refractivity contribution >= 4 is 28.9 Å². The van der Waals surface area contributed by atoms with Crippen LogP contribution in [0.4, 0.5) is 5.69 Å². The monoisotopic (exact) mass is 245 g/mol. The summed E-state index contributed by atoms with van der Waals surface area (Å²) in [5.74, 6) is 0.595. The molecule has 0 aliphatic carbocycles. The second-order valence-electron chi connectivity index (χ2n) is 3.92. The Morgan fingerprint density at radius 3 is 2.20 bits per heavy atom. The lowest BCUT2D eigenvalue weighted by Crippen LogP contribution is -2.23. The van der Waals surface area contributed by atoms with E-state index in [0.717, 1.165) is 12.1 Å². The Morgan fingerprint density at radius 1 is 1.20 bits per heavy atom. The molecule has 2 atom stereocenters. The zero-order valence-corrected chi connectivity index (χ0v) is 10.9. The second-order valence-corrected chi connectivity index (χ2v) is 4.73. The molecule has 0 bridgehead atoms. The van der Waals surface area contributed by atoms with Crippen LogP contribution in [0.1, 0.15) is 27.2 Å². The first kappa shape index (κ1) is 12.7. The summed E-state index contributed by atoms with van der Waals surface area (Å²) < 4.78 is 0. The van der Waals surface area contributed by atoms with E-state index >= 15 is 0 Å². The molecule has 3 heteroatoms. The zero-order chi connectivity index (χ0) is 11.4. The molecule has 1 aromatic carbocycles. The number of hydrogen-bond acceptors (Lipinski definition) is 1. The standard InChI is InChI=1S/C12H17Cl2N/c1-4-8(2)9(3)15-12-10(13)6-5-7-11(12)14/h5-9,15H,4H2,1-3H3. The predicted molar refractivity (Wildman–Crippen MR) is 69.0 cm³/mol. The molecule has 84 valence electrons. The largest absolute Gasteiger partial charge is 0.380 e. The van der Waals surface area contributed by atoms with Gasteiger partial charge >= 0.3 is 0 Å². The molecule has 0 saturated heterocycles. The minimum atomic E-state index is 0.368. The van der Waals surface area contributed by atoms with E-state index in [1.165, 1.54) is 0 Å². The van der Waals surface area contributed by atoms with Gasteiger partial charge in [0.05, 0.1) is 15.7 Å². The Hall–Kier alpha value is -0.400. The van der Waals surface area contributed by atoms with Gasteiger partial charge in [0.1, 0.15) is 0 Å². The lowest BCUT2D eigenvalue weighted by atomic mass is 10.0. The van der Waals surface area contributed by atoms with E-state index in [-0.39, 0.29) is 0 Å². The van der Waals surface area contributed by atoms with Crippen molar-refractivity contribution in [2.24, 2.45) is 5.92 Å². The fraction of sp³-hybridized carbons (Fsp3) is 0.500. The first-order chi connectivity index (χ1) is 7.06. The summed E-state index contributed by atoms with van der Waals surface area (Å²) in [6.45, 7) is 6.54. The van der Waals surface area contributed by atoms with E-state index in [2.05, 4.69) is 26.1 Å². The van der Waals surface area contributed by atoms with Crippen LogP contribution < -0.4 is 5.32 Å². The molecule has 15 heavy (non-hydrogen) atoms. The fourth-order valence-electron chi connectivity index (χ4n) is 1.36. The molecule has 1 aromatic rings. The summed E-state index contributed by atoms with van der Waals surface area (Å²) in [5.41, 5.74) is 0.841. The molecule has 0 spiro atoms. The Bertz CT molecular complexity index is 305. The SMILES string of the molecule is CCC(C)C(C)Nc1c(Cl)cccc1Cl. The van der Waals surface area contributed by atoms with Crippen molar-refractivity contribution < 1.29 is 0 Å². The van der Waals surface area contributed by atoms with Crippen LogP contribution in [-0.2, 0) is 0 Å². The molecule has 1 nitrogen and oxygen atoms in total. The van der Waals surface area contributed by atoms with Crippen LogP contribution >= 0.6 is 23.2 Å². The molecule has 0 aliphatic rings. The zero-order valence-electron chi connectivity index (χ0n) is 9.35. The summed E-state index contributed by atoms with van der Waals surface area (Å²) in [6, 6.07) is 5.91. The quantitative estimate of drug-likeness (QED) is 0.801. The van der Waals surface area contributed by atoms with Gasteiger partial charge in [-0.05, 0) is 25.0 Å². The fourth-order valence-corrected chi connectivity index (χ4v) is 1.87. The maximum absolute atomic E-state index is 6.07. The van der Waals surface area contributed by atoms with E-state index in [1.54, 1.807) is 0 Å². The summed E-state index contributed by atoms with van der Waals surface area (Å²) >= 11 is 12.1. The van der Waals surface area contributed by atoms with E-state index in [0.29, 0.717) is 22.0 Å². The number of halogens is 2. The molecular weight excluding hydrogens is 229 g/mol. The van der Waals surface area contributed by atoms with Gasteiger partial charge in [-0.2, -0.15) is 0 Å². The lowest BCUT2D eigenvalue weighted by Gasteiger charge is -2.22. The van der Waals surface area contributed by atoms with Crippen LogP contribution in [0, 0.1) is 5.92 Å². The highest BCUT2D eigenvalue weighted by Crippen LogP contribution is 2.31. The Labute approximate surface area is 102 Å². The Morgan fingerprint density at radius 2 is 1.73 bits per heavy atom. The van der Waals surface area contributed by atoms with Crippen LogP contribution in [0.2, 0.25) is 10.0 Å². The van der Waals surface area contributed by atoms with Gasteiger partial charge in [0.25, 0.3) is 0 Å². The molecule has 2 unspecified atom stereocenters. The molecule has 0 radical (unpaired) electrons. The van der Waals surface area contributed by atoms with Crippen molar-refractivity contribution in [3.63, 3.8) is 0 Å². The first-order valence-corrected chi connectivity index (χ1v) is 6.02. The third kappa shape index (κ3) is 3.29. The maximum Gasteiger partial charge on any atom is 0.0721 e. The molecule has 0 heterocycles. The van der Waals surface area contributed by atoms with Crippen LogP contribution in [-0.4, -0.2) is 6.04 Å². The summed E-state index contributed by atoms with van der Waals surface area (Å²) in [4.78, 5) is 0. The average Bonchev–Trinajstić information content (AvgIpc) is 2.22. The number of para-hydroxylation sites is 1. The third-order valence-electron chi connectivity index (χ3n) is 2.83. The van der Waals surface area contributed by atoms with Gasteiger partial charge < -0.3 is 5.32 Å². The van der Waals surface area contributed by atoms with Gasteiger partial charge in [-0.25, -0.2) is 0 Å². The van der Waals surface area contributed by atoms with E-state index in [4.69, 9.17) is 23.2 Å². The van der Waals surface area contributed by atoms with Crippen LogP contribution in [0.25, 0.3) is 0 Å². The van der Waals surface area contributed by atoms with E-state index in [1.807, 2.05) is 18.2 Å². The molecule has 0 aromatic heterocycles. The topological polar surface area (TPSA) is 12.0 Å². The predicted octanol–water partition coefficient (Wildman–Crippen LogP) is 4.84. The van der Waals surface area contributed by atoms with Crippen LogP contribution in [0.5, 0.6) is 0 Å². The highest BCUT2D eigenvalue weighted by Gasteiger charge is 2.13. The number of anilines is 1. The van der Waals surface area contributed by atoms with Gasteiger partial charge in [-0.3, -0.25) is 0 Å². The van der Waals surface area contributed by atoms with Crippen LogP contribution in [0.15, 0.2) is 18.2 Å². The summed E-state index contributed by atoms with van der Waals surface area (Å²) in [6.07, 6.45) is 1.14. The number of rotatable bonds is 4. The molecule has 0 aliphatic heterocycles. The Kier molecular flexibility index (Phi) is 4.75. The average molecular weight is 246 g/mol. The van der Waals surface area contributed by atoms with Crippen LogP contribution in [0.3, 0.4) is 0 Å². The Balaban J connectivity index is 2.80. The number of hydrogen-bond donors (Lipinski definition) is 1. The molecule has 0 amide bonds. The van der Waals surface area contributed by atoms with E-state index < -0.39 is 0 Å². The first-order valence-electron chi connectivity index (χ1n) is 5.26. The highest BCUT2D eigenvalue weighted by molar-refractivity contribution is 6.39. The van der Waals surface area contributed by atoms with Crippen molar-refractivity contribution in [3.8, 4) is 0 Å². The van der Waals surface area contributed by atoms with Crippen molar-refractivity contribution in [3.05, 3.63) is 28.2 Å². The van der Waals surface area contributed by atoms with Crippen molar-refractivity contribution in [1.82, 2.24) is 0 Å².